The third kappa shape index (κ3) is 4.31. The summed E-state index contributed by atoms with van der Waals surface area (Å²) in [5.41, 5.74) is 4.28. The summed E-state index contributed by atoms with van der Waals surface area (Å²) in [5.74, 6) is -0.0681. The number of anilines is 1. The number of benzene rings is 1. The van der Waals surface area contributed by atoms with Gasteiger partial charge in [-0.15, -0.1) is 11.3 Å². The Labute approximate surface area is 182 Å². The molecule has 1 aliphatic heterocycles. The standard InChI is InChI=1S/C24H28N4OS/c1-17-18(2)30-24(26-23(29)19-8-5-4-6-9-19)21(17)22(20-10-7-11-25-16-20)28-14-12-27(3)13-15-28/h4-11,16,22H,12-15H2,1-3H3,(H,26,29)/t22-/m0/s1. The van der Waals surface area contributed by atoms with Crippen molar-refractivity contribution in [3.63, 3.8) is 0 Å². The first-order valence-corrected chi connectivity index (χ1v) is 11.1. The number of carbonyl (C=O) groups is 1. The van der Waals surface area contributed by atoms with E-state index in [-0.39, 0.29) is 11.9 Å². The van der Waals surface area contributed by atoms with Crippen LogP contribution in [0.4, 0.5) is 5.00 Å². The molecule has 1 N–H and O–H groups in total. The first-order chi connectivity index (χ1) is 14.5. The number of aryl methyl sites for hydroxylation is 1. The summed E-state index contributed by atoms with van der Waals surface area (Å²) in [5, 5.41) is 4.15. The number of thiophene rings is 1. The van der Waals surface area contributed by atoms with E-state index in [1.54, 1.807) is 11.3 Å². The summed E-state index contributed by atoms with van der Waals surface area (Å²) in [4.78, 5) is 23.4. The number of amides is 1. The van der Waals surface area contributed by atoms with Crippen LogP contribution in [0.15, 0.2) is 54.9 Å². The second-order valence-corrected chi connectivity index (χ2v) is 9.10. The zero-order valence-corrected chi connectivity index (χ0v) is 18.6. The lowest BCUT2D eigenvalue weighted by Gasteiger charge is -2.38. The molecule has 1 atom stereocenters. The van der Waals surface area contributed by atoms with Crippen LogP contribution in [0.2, 0.25) is 0 Å². The zero-order valence-electron chi connectivity index (χ0n) is 17.8. The lowest BCUT2D eigenvalue weighted by molar-refractivity contribution is 0.102. The Morgan fingerprint density at radius 1 is 1.07 bits per heavy atom. The third-order valence-corrected chi connectivity index (χ3v) is 7.01. The molecular formula is C24H28N4OS. The first-order valence-electron chi connectivity index (χ1n) is 10.3. The molecule has 0 aliphatic carbocycles. The van der Waals surface area contributed by atoms with E-state index in [2.05, 4.69) is 47.1 Å². The number of nitrogens with one attached hydrogen (secondary N) is 1. The number of carbonyl (C=O) groups excluding carboxylic acids is 1. The summed E-state index contributed by atoms with van der Waals surface area (Å²) in [7, 11) is 2.17. The predicted octanol–water partition coefficient (Wildman–Crippen LogP) is 4.35. The van der Waals surface area contributed by atoms with Gasteiger partial charge in [0.05, 0.1) is 6.04 Å². The van der Waals surface area contributed by atoms with Gasteiger partial charge in [0, 0.05) is 54.6 Å². The fraction of sp³-hybridized carbons (Fsp3) is 0.333. The number of rotatable bonds is 5. The molecule has 1 amide bonds. The normalized spacial score (nSPS) is 16.4. The molecule has 0 radical (unpaired) electrons. The van der Waals surface area contributed by atoms with E-state index in [1.807, 2.05) is 48.8 Å². The maximum atomic E-state index is 12.9. The lowest BCUT2D eigenvalue weighted by Crippen LogP contribution is -2.46. The number of aromatic nitrogens is 1. The Hall–Kier alpha value is -2.54. The second kappa shape index (κ2) is 9.08. The largest absolute Gasteiger partial charge is 0.313 e. The fourth-order valence-electron chi connectivity index (χ4n) is 4.01. The molecule has 0 bridgehead atoms. The van der Waals surface area contributed by atoms with Crippen molar-refractivity contribution in [2.24, 2.45) is 0 Å². The number of likely N-dealkylation sites (N-methyl/N-ethyl adjacent to an activating group) is 1. The van der Waals surface area contributed by atoms with Gasteiger partial charge in [0.25, 0.3) is 5.91 Å². The molecule has 1 fully saturated rings. The molecule has 2 aromatic heterocycles. The Morgan fingerprint density at radius 3 is 2.47 bits per heavy atom. The van der Waals surface area contributed by atoms with Crippen LogP contribution in [0, 0.1) is 13.8 Å². The molecule has 1 saturated heterocycles. The number of piperazine rings is 1. The molecule has 3 aromatic rings. The van der Waals surface area contributed by atoms with Gasteiger partial charge in [-0.1, -0.05) is 24.3 Å². The van der Waals surface area contributed by atoms with Crippen molar-refractivity contribution in [2.75, 3.05) is 38.5 Å². The molecule has 0 saturated carbocycles. The Balaban J connectivity index is 1.74. The van der Waals surface area contributed by atoms with Crippen LogP contribution < -0.4 is 5.32 Å². The van der Waals surface area contributed by atoms with E-state index >= 15 is 0 Å². The molecule has 5 nitrogen and oxygen atoms in total. The maximum absolute atomic E-state index is 12.9. The van der Waals surface area contributed by atoms with Gasteiger partial charge in [0.1, 0.15) is 5.00 Å². The number of hydrogen-bond donors (Lipinski definition) is 1. The van der Waals surface area contributed by atoms with E-state index in [9.17, 15) is 4.79 Å². The summed E-state index contributed by atoms with van der Waals surface area (Å²) in [6.45, 7) is 8.33. The van der Waals surface area contributed by atoms with E-state index in [0.717, 1.165) is 36.7 Å². The molecule has 6 heteroatoms. The smallest absolute Gasteiger partial charge is 0.256 e. The molecular weight excluding hydrogens is 392 g/mol. The summed E-state index contributed by atoms with van der Waals surface area (Å²) < 4.78 is 0. The van der Waals surface area contributed by atoms with Gasteiger partial charge in [-0.25, -0.2) is 0 Å². The molecule has 3 heterocycles. The van der Waals surface area contributed by atoms with Crippen LogP contribution in [-0.4, -0.2) is 53.9 Å². The molecule has 1 aliphatic rings. The van der Waals surface area contributed by atoms with Gasteiger partial charge < -0.3 is 10.2 Å². The molecule has 30 heavy (non-hydrogen) atoms. The van der Waals surface area contributed by atoms with Gasteiger partial charge >= 0.3 is 0 Å². The van der Waals surface area contributed by atoms with Crippen LogP contribution in [0.5, 0.6) is 0 Å². The lowest BCUT2D eigenvalue weighted by atomic mass is 9.95. The Kier molecular flexibility index (Phi) is 6.27. The SMILES string of the molecule is Cc1sc(NC(=O)c2ccccc2)c([C@H](c2cccnc2)N2CCN(C)CC2)c1C. The quantitative estimate of drug-likeness (QED) is 0.667. The predicted molar refractivity (Wildman–Crippen MR) is 123 cm³/mol. The van der Waals surface area contributed by atoms with Crippen molar-refractivity contribution < 1.29 is 4.79 Å². The van der Waals surface area contributed by atoms with Crippen LogP contribution in [0.3, 0.4) is 0 Å². The highest BCUT2D eigenvalue weighted by atomic mass is 32.1. The summed E-state index contributed by atoms with van der Waals surface area (Å²) >= 11 is 1.66. The second-order valence-electron chi connectivity index (χ2n) is 7.87. The van der Waals surface area contributed by atoms with Crippen molar-refractivity contribution in [2.45, 2.75) is 19.9 Å². The van der Waals surface area contributed by atoms with Crippen molar-refractivity contribution in [3.8, 4) is 0 Å². The van der Waals surface area contributed by atoms with Gasteiger partial charge in [-0.3, -0.25) is 14.7 Å². The first kappa shape index (κ1) is 20.7. The van der Waals surface area contributed by atoms with Gasteiger partial charge in [0.2, 0.25) is 0 Å². The van der Waals surface area contributed by atoms with Crippen LogP contribution in [-0.2, 0) is 0 Å². The minimum atomic E-state index is -0.0681. The Morgan fingerprint density at radius 2 is 1.80 bits per heavy atom. The molecule has 156 valence electrons. The molecule has 0 spiro atoms. The van der Waals surface area contributed by atoms with Crippen molar-refractivity contribution in [1.29, 1.82) is 0 Å². The highest BCUT2D eigenvalue weighted by molar-refractivity contribution is 7.16. The molecule has 4 rings (SSSR count). The van der Waals surface area contributed by atoms with E-state index in [4.69, 9.17) is 0 Å². The van der Waals surface area contributed by atoms with Crippen molar-refractivity contribution in [1.82, 2.24) is 14.8 Å². The van der Waals surface area contributed by atoms with Gasteiger partial charge in [-0.05, 0) is 50.2 Å². The van der Waals surface area contributed by atoms with E-state index < -0.39 is 0 Å². The highest BCUT2D eigenvalue weighted by Crippen LogP contribution is 2.42. The van der Waals surface area contributed by atoms with Gasteiger partial charge in [0.15, 0.2) is 0 Å². The van der Waals surface area contributed by atoms with Crippen LogP contribution in [0.25, 0.3) is 0 Å². The van der Waals surface area contributed by atoms with Crippen molar-refractivity contribution >= 4 is 22.2 Å². The molecule has 0 unspecified atom stereocenters. The monoisotopic (exact) mass is 420 g/mol. The van der Waals surface area contributed by atoms with Crippen LogP contribution >= 0.6 is 11.3 Å². The summed E-state index contributed by atoms with van der Waals surface area (Å²) in [6, 6.07) is 13.6. The van der Waals surface area contributed by atoms with E-state index in [1.165, 1.54) is 16.0 Å². The average Bonchev–Trinajstić information content (AvgIpc) is 3.04. The maximum Gasteiger partial charge on any atom is 0.256 e. The van der Waals surface area contributed by atoms with E-state index in [0.29, 0.717) is 5.56 Å². The minimum Gasteiger partial charge on any atom is -0.313 e. The topological polar surface area (TPSA) is 48.5 Å². The van der Waals surface area contributed by atoms with Gasteiger partial charge in [-0.2, -0.15) is 0 Å². The average molecular weight is 421 g/mol. The number of hydrogen-bond acceptors (Lipinski definition) is 5. The highest BCUT2D eigenvalue weighted by Gasteiger charge is 2.31. The number of pyridine rings is 1. The fourth-order valence-corrected chi connectivity index (χ4v) is 5.10. The molecule has 1 aromatic carbocycles. The third-order valence-electron chi connectivity index (χ3n) is 5.87. The zero-order chi connectivity index (χ0) is 21.1. The minimum absolute atomic E-state index is 0.0681. The van der Waals surface area contributed by atoms with Crippen molar-refractivity contribution in [3.05, 3.63) is 82.0 Å². The number of nitrogens with zero attached hydrogens (tertiary/aromatic N) is 3. The van der Waals surface area contributed by atoms with Crippen LogP contribution in [0.1, 0.15) is 38.0 Å². The Bertz CT molecular complexity index is 995. The summed E-state index contributed by atoms with van der Waals surface area (Å²) in [6.07, 6.45) is 3.77.